The van der Waals surface area contributed by atoms with Crippen molar-refractivity contribution in [3.05, 3.63) is 58.1 Å². The van der Waals surface area contributed by atoms with Gasteiger partial charge in [-0.1, -0.05) is 13.8 Å². The molecule has 5 nitrogen and oxygen atoms in total. The van der Waals surface area contributed by atoms with Crippen LogP contribution >= 0.6 is 28.1 Å². The fourth-order valence-electron chi connectivity index (χ4n) is 2.29. The van der Waals surface area contributed by atoms with Crippen LogP contribution < -0.4 is 15.4 Å². The van der Waals surface area contributed by atoms with Gasteiger partial charge in [0.1, 0.15) is 5.75 Å². The van der Waals surface area contributed by atoms with Gasteiger partial charge in [0, 0.05) is 16.8 Å². The number of nitrogens with one attached hydrogen (secondary N) is 2. The van der Waals surface area contributed by atoms with Crippen LogP contribution in [-0.2, 0) is 0 Å². The summed E-state index contributed by atoms with van der Waals surface area (Å²) < 4.78 is 6.44. The number of ketones is 1. The van der Waals surface area contributed by atoms with E-state index in [0.717, 1.165) is 6.42 Å². The van der Waals surface area contributed by atoms with E-state index in [0.29, 0.717) is 39.6 Å². The summed E-state index contributed by atoms with van der Waals surface area (Å²) in [6, 6.07) is 12.0. The van der Waals surface area contributed by atoms with Crippen molar-refractivity contribution in [2.24, 2.45) is 5.92 Å². The average molecular weight is 463 g/mol. The van der Waals surface area contributed by atoms with Crippen LogP contribution in [0.25, 0.3) is 0 Å². The van der Waals surface area contributed by atoms with E-state index in [1.165, 1.54) is 6.92 Å². The van der Waals surface area contributed by atoms with Gasteiger partial charge in [0.05, 0.1) is 11.1 Å². The molecule has 2 aromatic carbocycles. The minimum Gasteiger partial charge on any atom is -0.492 e. The Labute approximate surface area is 179 Å². The lowest BCUT2D eigenvalue weighted by atomic mass is 10.1. The smallest absolute Gasteiger partial charge is 0.257 e. The first-order valence-corrected chi connectivity index (χ1v) is 10.1. The molecule has 28 heavy (non-hydrogen) atoms. The van der Waals surface area contributed by atoms with Crippen LogP contribution in [0.3, 0.4) is 0 Å². The lowest BCUT2D eigenvalue weighted by Gasteiger charge is -2.12. The lowest BCUT2D eigenvalue weighted by molar-refractivity contribution is 0.0976. The highest BCUT2D eigenvalue weighted by Gasteiger charge is 2.11. The Morgan fingerprint density at radius 1 is 1.11 bits per heavy atom. The molecule has 0 aliphatic rings. The first kappa shape index (κ1) is 22.0. The molecule has 0 atom stereocenters. The normalized spacial score (nSPS) is 10.5. The van der Waals surface area contributed by atoms with Crippen molar-refractivity contribution in [3.63, 3.8) is 0 Å². The Morgan fingerprint density at radius 2 is 1.75 bits per heavy atom. The molecular weight excluding hydrogens is 440 g/mol. The molecular formula is C21H23BrN2O3S. The van der Waals surface area contributed by atoms with Crippen LogP contribution in [0.1, 0.15) is 47.9 Å². The second kappa shape index (κ2) is 10.3. The molecule has 0 saturated heterocycles. The van der Waals surface area contributed by atoms with E-state index in [9.17, 15) is 9.59 Å². The summed E-state index contributed by atoms with van der Waals surface area (Å²) in [5.41, 5.74) is 1.76. The molecule has 0 heterocycles. The summed E-state index contributed by atoms with van der Waals surface area (Å²) in [6.45, 7) is 6.41. The maximum atomic E-state index is 12.4. The van der Waals surface area contributed by atoms with Gasteiger partial charge in [0.25, 0.3) is 5.91 Å². The van der Waals surface area contributed by atoms with Crippen LogP contribution in [-0.4, -0.2) is 23.4 Å². The van der Waals surface area contributed by atoms with Crippen LogP contribution in [0, 0.1) is 5.92 Å². The highest BCUT2D eigenvalue weighted by atomic mass is 79.9. The molecule has 0 fully saturated rings. The standard InChI is InChI=1S/C21H23BrN2O3S/c1-13(2)10-11-27-19-9-6-16(12-18(19)22)20(26)24-21(28)23-17-7-4-15(5-8-17)14(3)25/h4-9,12-13H,10-11H2,1-3H3,(H2,23,24,26,28). The van der Waals surface area contributed by atoms with Crippen LogP contribution in [0.4, 0.5) is 5.69 Å². The molecule has 0 saturated carbocycles. The van der Waals surface area contributed by atoms with Gasteiger partial charge >= 0.3 is 0 Å². The Bertz CT molecular complexity index is 866. The van der Waals surface area contributed by atoms with Crippen molar-refractivity contribution < 1.29 is 14.3 Å². The number of thiocarbonyl (C=S) groups is 1. The van der Waals surface area contributed by atoms with Crippen molar-refractivity contribution in [2.75, 3.05) is 11.9 Å². The second-order valence-electron chi connectivity index (χ2n) is 6.72. The molecule has 148 valence electrons. The molecule has 2 aromatic rings. The predicted molar refractivity (Wildman–Crippen MR) is 119 cm³/mol. The Morgan fingerprint density at radius 3 is 2.32 bits per heavy atom. The number of ether oxygens (including phenoxy) is 1. The molecule has 2 N–H and O–H groups in total. The van der Waals surface area contributed by atoms with Crippen molar-refractivity contribution in [2.45, 2.75) is 27.2 Å². The monoisotopic (exact) mass is 462 g/mol. The third kappa shape index (κ3) is 6.73. The number of rotatable bonds is 7. The first-order chi connectivity index (χ1) is 13.3. The predicted octanol–water partition coefficient (Wildman–Crippen LogP) is 5.20. The maximum Gasteiger partial charge on any atom is 0.257 e. The van der Waals surface area contributed by atoms with Crippen LogP contribution in [0.2, 0.25) is 0 Å². The fourth-order valence-corrected chi connectivity index (χ4v) is 2.99. The molecule has 2 rings (SSSR count). The molecule has 0 spiro atoms. The van der Waals surface area contributed by atoms with Gasteiger partial charge in [-0.15, -0.1) is 0 Å². The number of carbonyl (C=O) groups is 2. The zero-order valence-corrected chi connectivity index (χ0v) is 18.4. The summed E-state index contributed by atoms with van der Waals surface area (Å²) in [4.78, 5) is 23.7. The minimum absolute atomic E-state index is 0.00959. The Kier molecular flexibility index (Phi) is 8.14. The number of Topliss-reactive ketones (excluding diaryl/α,β-unsaturated/α-hetero) is 1. The number of carbonyl (C=O) groups excluding carboxylic acids is 2. The van der Waals surface area contributed by atoms with Crippen molar-refractivity contribution in [3.8, 4) is 5.75 Å². The number of amides is 1. The zero-order valence-electron chi connectivity index (χ0n) is 16.0. The minimum atomic E-state index is -0.327. The largest absolute Gasteiger partial charge is 0.492 e. The fraction of sp³-hybridized carbons (Fsp3) is 0.286. The molecule has 7 heteroatoms. The SMILES string of the molecule is CC(=O)c1ccc(NC(=S)NC(=O)c2ccc(OCCC(C)C)c(Br)c2)cc1. The summed E-state index contributed by atoms with van der Waals surface area (Å²) in [5, 5.41) is 5.74. The van der Waals surface area contributed by atoms with Gasteiger partial charge < -0.3 is 10.1 Å². The maximum absolute atomic E-state index is 12.4. The highest BCUT2D eigenvalue weighted by molar-refractivity contribution is 9.10. The quantitative estimate of drug-likeness (QED) is 0.436. The van der Waals surface area contributed by atoms with Gasteiger partial charge in [-0.3, -0.25) is 14.9 Å². The van der Waals surface area contributed by atoms with Gasteiger partial charge in [-0.2, -0.15) is 0 Å². The summed E-state index contributed by atoms with van der Waals surface area (Å²) >= 11 is 8.63. The van der Waals surface area contributed by atoms with Crippen LogP contribution in [0.15, 0.2) is 46.9 Å². The highest BCUT2D eigenvalue weighted by Crippen LogP contribution is 2.26. The van der Waals surface area contributed by atoms with E-state index in [1.54, 1.807) is 42.5 Å². The average Bonchev–Trinajstić information content (AvgIpc) is 2.63. The molecule has 0 radical (unpaired) electrons. The van der Waals surface area contributed by atoms with Crippen molar-refractivity contribution >= 4 is 50.6 Å². The Balaban J connectivity index is 1.93. The zero-order chi connectivity index (χ0) is 20.7. The molecule has 0 unspecified atom stereocenters. The summed E-state index contributed by atoms with van der Waals surface area (Å²) in [7, 11) is 0. The number of hydrogen-bond acceptors (Lipinski definition) is 4. The molecule has 0 aromatic heterocycles. The first-order valence-electron chi connectivity index (χ1n) is 8.92. The van der Waals surface area contributed by atoms with E-state index in [2.05, 4.69) is 40.4 Å². The van der Waals surface area contributed by atoms with Gasteiger partial charge in [-0.05, 0) is 89.9 Å². The summed E-state index contributed by atoms with van der Waals surface area (Å²) in [5.74, 6) is 0.927. The molecule has 0 bridgehead atoms. The summed E-state index contributed by atoms with van der Waals surface area (Å²) in [6.07, 6.45) is 0.960. The third-order valence-corrected chi connectivity index (χ3v) is 4.75. The third-order valence-electron chi connectivity index (χ3n) is 3.92. The lowest BCUT2D eigenvalue weighted by Crippen LogP contribution is -2.34. The van der Waals surface area contributed by atoms with E-state index in [4.69, 9.17) is 17.0 Å². The van der Waals surface area contributed by atoms with E-state index in [-0.39, 0.29) is 16.8 Å². The molecule has 0 aliphatic heterocycles. The molecule has 1 amide bonds. The number of benzene rings is 2. The van der Waals surface area contributed by atoms with E-state index in [1.807, 2.05) is 0 Å². The van der Waals surface area contributed by atoms with E-state index < -0.39 is 0 Å². The van der Waals surface area contributed by atoms with Gasteiger partial charge in [-0.25, -0.2) is 0 Å². The number of anilines is 1. The Hall–Kier alpha value is -2.25. The van der Waals surface area contributed by atoms with Gasteiger partial charge in [0.15, 0.2) is 10.9 Å². The second-order valence-corrected chi connectivity index (χ2v) is 7.98. The number of hydrogen-bond donors (Lipinski definition) is 2. The topological polar surface area (TPSA) is 67.4 Å². The number of halogens is 1. The van der Waals surface area contributed by atoms with Crippen LogP contribution in [0.5, 0.6) is 5.75 Å². The van der Waals surface area contributed by atoms with Gasteiger partial charge in [0.2, 0.25) is 0 Å². The van der Waals surface area contributed by atoms with Crippen molar-refractivity contribution in [1.29, 1.82) is 0 Å². The van der Waals surface area contributed by atoms with Crippen molar-refractivity contribution in [1.82, 2.24) is 5.32 Å². The van der Waals surface area contributed by atoms with E-state index >= 15 is 0 Å². The molecule has 0 aliphatic carbocycles.